The van der Waals surface area contributed by atoms with Crippen LogP contribution < -0.4 is 15.4 Å². The minimum absolute atomic E-state index is 0.529. The fourth-order valence-corrected chi connectivity index (χ4v) is 1.89. The maximum Gasteiger partial charge on any atom is 0.175 e. The molecule has 0 saturated heterocycles. The summed E-state index contributed by atoms with van der Waals surface area (Å²) in [7, 11) is 0. The fourth-order valence-electron chi connectivity index (χ4n) is 1.66. The molecule has 0 bridgehead atoms. The third-order valence-electron chi connectivity index (χ3n) is 2.63. The number of nitrogens with one attached hydrogen (secondary N) is 2. The normalized spacial score (nSPS) is 9.76. The summed E-state index contributed by atoms with van der Waals surface area (Å²) in [6, 6.07) is 17.4. The SMILES string of the molecule is C=C(C)COc1ccc(NC(=S)Nc2ccccc2)cc1. The standard InChI is InChI=1S/C17H18N2OS/c1-13(2)12-20-16-10-8-15(9-11-16)19-17(21)18-14-6-4-3-5-7-14/h3-11H,1,12H2,2H3,(H2,18,19,21). The van der Waals surface area contributed by atoms with E-state index in [1.165, 1.54) is 0 Å². The van der Waals surface area contributed by atoms with E-state index in [1.54, 1.807) is 0 Å². The summed E-state index contributed by atoms with van der Waals surface area (Å²) < 4.78 is 5.55. The lowest BCUT2D eigenvalue weighted by Gasteiger charge is -2.11. The number of benzene rings is 2. The van der Waals surface area contributed by atoms with Crippen LogP contribution in [0.2, 0.25) is 0 Å². The summed E-state index contributed by atoms with van der Waals surface area (Å²) in [5.74, 6) is 0.811. The number of thiocarbonyl (C=S) groups is 1. The second-order valence-corrected chi connectivity index (χ2v) is 5.12. The van der Waals surface area contributed by atoms with Gasteiger partial charge in [-0.1, -0.05) is 24.8 Å². The molecule has 3 nitrogen and oxygen atoms in total. The van der Waals surface area contributed by atoms with Crippen LogP contribution in [0.3, 0.4) is 0 Å². The van der Waals surface area contributed by atoms with E-state index in [9.17, 15) is 0 Å². The van der Waals surface area contributed by atoms with Gasteiger partial charge in [0.2, 0.25) is 0 Å². The molecular weight excluding hydrogens is 280 g/mol. The highest BCUT2D eigenvalue weighted by molar-refractivity contribution is 7.80. The van der Waals surface area contributed by atoms with Gasteiger partial charge >= 0.3 is 0 Å². The molecule has 0 unspecified atom stereocenters. The molecule has 108 valence electrons. The minimum atomic E-state index is 0.529. The lowest BCUT2D eigenvalue weighted by molar-refractivity contribution is 0.353. The molecule has 2 aromatic rings. The molecule has 2 N–H and O–H groups in total. The first-order valence-corrected chi connectivity index (χ1v) is 7.04. The van der Waals surface area contributed by atoms with Crippen molar-refractivity contribution in [3.05, 3.63) is 66.7 Å². The van der Waals surface area contributed by atoms with Crippen LogP contribution in [0.15, 0.2) is 66.7 Å². The topological polar surface area (TPSA) is 33.3 Å². The van der Waals surface area contributed by atoms with Crippen LogP contribution in [0.4, 0.5) is 11.4 Å². The number of rotatable bonds is 5. The van der Waals surface area contributed by atoms with Gasteiger partial charge < -0.3 is 15.4 Å². The number of ether oxygens (including phenoxy) is 1. The summed E-state index contributed by atoms with van der Waals surface area (Å²) in [6.45, 7) is 6.27. The van der Waals surface area contributed by atoms with Gasteiger partial charge in [0, 0.05) is 11.4 Å². The molecule has 21 heavy (non-hydrogen) atoms. The van der Waals surface area contributed by atoms with Gasteiger partial charge in [-0.3, -0.25) is 0 Å². The number of hydrogen-bond donors (Lipinski definition) is 2. The van der Waals surface area contributed by atoms with Crippen LogP contribution in [0.5, 0.6) is 5.75 Å². The molecule has 0 aliphatic heterocycles. The van der Waals surface area contributed by atoms with Crippen molar-refractivity contribution in [2.45, 2.75) is 6.92 Å². The van der Waals surface area contributed by atoms with Crippen LogP contribution >= 0.6 is 12.2 Å². The van der Waals surface area contributed by atoms with Crippen molar-refractivity contribution in [2.24, 2.45) is 0 Å². The predicted octanol–water partition coefficient (Wildman–Crippen LogP) is 4.45. The molecule has 0 amide bonds. The third kappa shape index (κ3) is 5.28. The van der Waals surface area contributed by atoms with E-state index in [4.69, 9.17) is 17.0 Å². The average molecular weight is 298 g/mol. The third-order valence-corrected chi connectivity index (χ3v) is 2.83. The second kappa shape index (κ2) is 7.45. The van der Waals surface area contributed by atoms with Crippen molar-refractivity contribution in [1.29, 1.82) is 0 Å². The van der Waals surface area contributed by atoms with Gasteiger partial charge in [0.15, 0.2) is 5.11 Å². The largest absolute Gasteiger partial charge is 0.489 e. The maximum atomic E-state index is 5.55. The summed E-state index contributed by atoms with van der Waals surface area (Å²) in [5, 5.41) is 6.80. The van der Waals surface area contributed by atoms with Gasteiger partial charge in [-0.25, -0.2) is 0 Å². The fraction of sp³-hybridized carbons (Fsp3) is 0.118. The molecule has 0 saturated carbocycles. The molecule has 0 fully saturated rings. The van der Waals surface area contributed by atoms with E-state index < -0.39 is 0 Å². The van der Waals surface area contributed by atoms with Crippen molar-refractivity contribution in [3.63, 3.8) is 0 Å². The van der Waals surface area contributed by atoms with Gasteiger partial charge in [-0.05, 0) is 61.1 Å². The average Bonchev–Trinajstić information content (AvgIpc) is 2.47. The molecule has 0 aromatic heterocycles. The molecular formula is C17H18N2OS. The Morgan fingerprint density at radius 2 is 1.57 bits per heavy atom. The first-order valence-electron chi connectivity index (χ1n) is 6.64. The number of para-hydroxylation sites is 1. The highest BCUT2D eigenvalue weighted by atomic mass is 32.1. The van der Waals surface area contributed by atoms with Crippen LogP contribution in [-0.2, 0) is 0 Å². The lowest BCUT2D eigenvalue weighted by atomic mass is 10.3. The quantitative estimate of drug-likeness (QED) is 0.631. The molecule has 0 radical (unpaired) electrons. The Morgan fingerprint density at radius 3 is 2.14 bits per heavy atom. The zero-order valence-corrected chi connectivity index (χ0v) is 12.7. The lowest BCUT2D eigenvalue weighted by Crippen LogP contribution is -2.18. The monoisotopic (exact) mass is 298 g/mol. The van der Waals surface area contributed by atoms with Crippen LogP contribution in [0.25, 0.3) is 0 Å². The van der Waals surface area contributed by atoms with E-state index in [0.717, 1.165) is 22.7 Å². The van der Waals surface area contributed by atoms with Crippen molar-refractivity contribution < 1.29 is 4.74 Å². The predicted molar refractivity (Wildman–Crippen MR) is 93.0 cm³/mol. The second-order valence-electron chi connectivity index (χ2n) is 4.72. The smallest absolute Gasteiger partial charge is 0.175 e. The van der Waals surface area contributed by atoms with Crippen molar-refractivity contribution in [1.82, 2.24) is 0 Å². The highest BCUT2D eigenvalue weighted by Gasteiger charge is 1.99. The molecule has 0 heterocycles. The van der Waals surface area contributed by atoms with E-state index in [1.807, 2.05) is 61.5 Å². The zero-order chi connectivity index (χ0) is 15.1. The Morgan fingerprint density at radius 1 is 1.00 bits per heavy atom. The minimum Gasteiger partial charge on any atom is -0.489 e. The van der Waals surface area contributed by atoms with Crippen molar-refractivity contribution in [3.8, 4) is 5.75 Å². The molecule has 0 aliphatic rings. The molecule has 0 spiro atoms. The zero-order valence-electron chi connectivity index (χ0n) is 11.9. The van der Waals surface area contributed by atoms with Crippen LogP contribution in [0, 0.1) is 0 Å². The number of anilines is 2. The summed E-state index contributed by atoms with van der Waals surface area (Å²) >= 11 is 5.27. The highest BCUT2D eigenvalue weighted by Crippen LogP contribution is 2.16. The molecule has 0 aliphatic carbocycles. The first kappa shape index (κ1) is 15.1. The Kier molecular flexibility index (Phi) is 5.35. The van der Waals surface area contributed by atoms with Crippen molar-refractivity contribution in [2.75, 3.05) is 17.2 Å². The Bertz CT molecular complexity index is 608. The van der Waals surface area contributed by atoms with Crippen LogP contribution in [-0.4, -0.2) is 11.7 Å². The summed E-state index contributed by atoms with van der Waals surface area (Å²) in [4.78, 5) is 0. The van der Waals surface area contributed by atoms with Crippen LogP contribution in [0.1, 0.15) is 6.92 Å². The van der Waals surface area contributed by atoms with Gasteiger partial charge in [0.1, 0.15) is 12.4 Å². The maximum absolute atomic E-state index is 5.55. The Balaban J connectivity index is 1.88. The molecule has 0 atom stereocenters. The Hall–Kier alpha value is -2.33. The van der Waals surface area contributed by atoms with E-state index >= 15 is 0 Å². The number of hydrogen-bond acceptors (Lipinski definition) is 2. The first-order chi connectivity index (χ1) is 10.1. The molecule has 4 heteroatoms. The molecule has 2 rings (SSSR count). The van der Waals surface area contributed by atoms with Gasteiger partial charge in [-0.2, -0.15) is 0 Å². The summed E-state index contributed by atoms with van der Waals surface area (Å²) in [5.41, 5.74) is 2.85. The van der Waals surface area contributed by atoms with Gasteiger partial charge in [0.05, 0.1) is 0 Å². The molecule has 2 aromatic carbocycles. The van der Waals surface area contributed by atoms with E-state index in [2.05, 4.69) is 17.2 Å². The van der Waals surface area contributed by atoms with E-state index in [0.29, 0.717) is 11.7 Å². The van der Waals surface area contributed by atoms with E-state index in [-0.39, 0.29) is 0 Å². The van der Waals surface area contributed by atoms with Gasteiger partial charge in [0.25, 0.3) is 0 Å². The Labute approximate surface area is 130 Å². The van der Waals surface area contributed by atoms with Gasteiger partial charge in [-0.15, -0.1) is 0 Å². The summed E-state index contributed by atoms with van der Waals surface area (Å²) in [6.07, 6.45) is 0. The van der Waals surface area contributed by atoms with Crippen molar-refractivity contribution >= 4 is 28.7 Å².